The zero-order chi connectivity index (χ0) is 15.5. The molecule has 0 aromatic heterocycles. The van der Waals surface area contributed by atoms with Crippen LogP contribution in [0.25, 0.3) is 0 Å². The van der Waals surface area contributed by atoms with E-state index in [9.17, 15) is 4.79 Å². The molecule has 0 aliphatic carbocycles. The van der Waals surface area contributed by atoms with E-state index in [0.29, 0.717) is 17.7 Å². The van der Waals surface area contributed by atoms with E-state index >= 15 is 0 Å². The Morgan fingerprint density at radius 3 is 2.30 bits per heavy atom. The first-order valence-electron chi connectivity index (χ1n) is 8.23. The summed E-state index contributed by atoms with van der Waals surface area (Å²) in [6.45, 7) is 16.5. The van der Waals surface area contributed by atoms with Crippen molar-refractivity contribution in [1.29, 1.82) is 0 Å². The van der Waals surface area contributed by atoms with Gasteiger partial charge in [-0.25, -0.2) is 0 Å². The molecule has 0 spiro atoms. The molecule has 0 saturated carbocycles. The minimum atomic E-state index is 0.0266. The fourth-order valence-electron chi connectivity index (χ4n) is 2.69. The molecule has 3 heteroatoms. The molecule has 1 N–H and O–H groups in total. The summed E-state index contributed by atoms with van der Waals surface area (Å²) in [4.78, 5) is 14.8. The molecular formula is C17H34N2O. The average Bonchev–Trinajstić information content (AvgIpc) is 2.56. The molecule has 20 heavy (non-hydrogen) atoms. The van der Waals surface area contributed by atoms with Gasteiger partial charge in [-0.3, -0.25) is 10.1 Å². The summed E-state index contributed by atoms with van der Waals surface area (Å²) >= 11 is 0. The Morgan fingerprint density at radius 1 is 1.25 bits per heavy atom. The van der Waals surface area contributed by atoms with E-state index < -0.39 is 0 Å². The van der Waals surface area contributed by atoms with Crippen LogP contribution in [0.15, 0.2) is 0 Å². The van der Waals surface area contributed by atoms with E-state index in [0.717, 1.165) is 25.8 Å². The van der Waals surface area contributed by atoms with Gasteiger partial charge in [0.2, 0.25) is 5.91 Å². The fourth-order valence-corrected chi connectivity index (χ4v) is 2.69. The van der Waals surface area contributed by atoms with Gasteiger partial charge in [0, 0.05) is 6.54 Å². The average molecular weight is 282 g/mol. The molecule has 3 nitrogen and oxygen atoms in total. The summed E-state index contributed by atoms with van der Waals surface area (Å²) in [6.07, 6.45) is 3.34. The topological polar surface area (TPSA) is 32.3 Å². The predicted molar refractivity (Wildman–Crippen MR) is 85.4 cm³/mol. The van der Waals surface area contributed by atoms with Crippen LogP contribution in [0.3, 0.4) is 0 Å². The molecule has 1 aliphatic heterocycles. The zero-order valence-corrected chi connectivity index (χ0v) is 14.5. The van der Waals surface area contributed by atoms with E-state index in [1.54, 1.807) is 0 Å². The van der Waals surface area contributed by atoms with Crippen LogP contribution < -0.4 is 5.32 Å². The van der Waals surface area contributed by atoms with Crippen LogP contribution in [0.5, 0.6) is 0 Å². The minimum Gasteiger partial charge on any atom is -0.326 e. The molecule has 0 aromatic carbocycles. The Kier molecular flexibility index (Phi) is 6.06. The lowest BCUT2D eigenvalue weighted by Crippen LogP contribution is -2.42. The highest BCUT2D eigenvalue weighted by Gasteiger charge is 2.39. The summed E-state index contributed by atoms with van der Waals surface area (Å²) in [6, 6.07) is 0.0266. The van der Waals surface area contributed by atoms with Crippen molar-refractivity contribution in [1.82, 2.24) is 10.2 Å². The minimum absolute atomic E-state index is 0.0266. The lowest BCUT2D eigenvalue weighted by molar-refractivity contribution is -0.131. The van der Waals surface area contributed by atoms with Gasteiger partial charge >= 0.3 is 0 Å². The quantitative estimate of drug-likeness (QED) is 0.806. The SMILES string of the molecule is CCCC1NC(CC(C)C)C(=O)N1CC(C)C(C)(C)C. The number of rotatable bonds is 6. The summed E-state index contributed by atoms with van der Waals surface area (Å²) in [5.41, 5.74) is 0.243. The van der Waals surface area contributed by atoms with E-state index in [2.05, 4.69) is 58.7 Å². The van der Waals surface area contributed by atoms with Gasteiger partial charge in [-0.1, -0.05) is 54.9 Å². The highest BCUT2D eigenvalue weighted by Crippen LogP contribution is 2.29. The highest BCUT2D eigenvalue weighted by atomic mass is 16.2. The van der Waals surface area contributed by atoms with E-state index in [1.165, 1.54) is 0 Å². The van der Waals surface area contributed by atoms with Crippen molar-refractivity contribution in [3.8, 4) is 0 Å². The van der Waals surface area contributed by atoms with E-state index in [-0.39, 0.29) is 17.6 Å². The lowest BCUT2D eigenvalue weighted by Gasteiger charge is -2.33. The summed E-state index contributed by atoms with van der Waals surface area (Å²) in [5.74, 6) is 1.37. The van der Waals surface area contributed by atoms with Crippen LogP contribution in [0.2, 0.25) is 0 Å². The second-order valence-electron chi connectivity index (χ2n) is 7.91. The van der Waals surface area contributed by atoms with Crippen LogP contribution >= 0.6 is 0 Å². The van der Waals surface area contributed by atoms with Crippen molar-refractivity contribution < 1.29 is 4.79 Å². The molecule has 1 rings (SSSR count). The second-order valence-corrected chi connectivity index (χ2v) is 7.91. The van der Waals surface area contributed by atoms with Gasteiger partial charge in [0.1, 0.15) is 0 Å². The predicted octanol–water partition coefficient (Wildman–Crippen LogP) is 3.64. The van der Waals surface area contributed by atoms with Gasteiger partial charge in [0.15, 0.2) is 0 Å². The maximum Gasteiger partial charge on any atom is 0.241 e. The standard InChI is InChI=1S/C17H34N2O/c1-8-9-15-18-14(10-12(2)3)16(20)19(15)11-13(4)17(5,6)7/h12-15,18H,8-11H2,1-7H3. The van der Waals surface area contributed by atoms with Crippen LogP contribution in [0, 0.1) is 17.3 Å². The molecule has 0 bridgehead atoms. The van der Waals surface area contributed by atoms with Crippen molar-refractivity contribution >= 4 is 5.91 Å². The maximum absolute atomic E-state index is 12.7. The van der Waals surface area contributed by atoms with Gasteiger partial charge in [0.05, 0.1) is 12.2 Å². The molecular weight excluding hydrogens is 248 g/mol. The largest absolute Gasteiger partial charge is 0.326 e. The Balaban J connectivity index is 2.76. The number of nitrogens with zero attached hydrogens (tertiary/aromatic N) is 1. The monoisotopic (exact) mass is 282 g/mol. The number of hydrogen-bond acceptors (Lipinski definition) is 2. The first kappa shape index (κ1) is 17.5. The van der Waals surface area contributed by atoms with Crippen molar-refractivity contribution in [2.45, 2.75) is 79.9 Å². The Hall–Kier alpha value is -0.570. The van der Waals surface area contributed by atoms with Gasteiger partial charge in [-0.05, 0) is 30.1 Å². The first-order chi connectivity index (χ1) is 9.16. The van der Waals surface area contributed by atoms with Crippen molar-refractivity contribution in [3.63, 3.8) is 0 Å². The van der Waals surface area contributed by atoms with Crippen LogP contribution in [0.1, 0.15) is 67.7 Å². The molecule has 3 unspecified atom stereocenters. The Bertz CT molecular complexity index is 319. The molecule has 1 saturated heterocycles. The molecule has 118 valence electrons. The second kappa shape index (κ2) is 6.93. The Labute approximate surface area is 125 Å². The van der Waals surface area contributed by atoms with Crippen molar-refractivity contribution in [2.75, 3.05) is 6.54 Å². The molecule has 0 radical (unpaired) electrons. The molecule has 3 atom stereocenters. The van der Waals surface area contributed by atoms with Crippen molar-refractivity contribution in [3.05, 3.63) is 0 Å². The van der Waals surface area contributed by atoms with Crippen molar-refractivity contribution in [2.24, 2.45) is 17.3 Å². The van der Waals surface area contributed by atoms with Gasteiger partial charge < -0.3 is 4.90 Å². The Morgan fingerprint density at radius 2 is 1.85 bits per heavy atom. The highest BCUT2D eigenvalue weighted by molar-refractivity contribution is 5.84. The number of carbonyl (C=O) groups excluding carboxylic acids is 1. The first-order valence-corrected chi connectivity index (χ1v) is 8.23. The zero-order valence-electron chi connectivity index (χ0n) is 14.5. The smallest absolute Gasteiger partial charge is 0.241 e. The van der Waals surface area contributed by atoms with Gasteiger partial charge in [0.25, 0.3) is 0 Å². The molecule has 1 heterocycles. The van der Waals surface area contributed by atoms with E-state index in [1.807, 2.05) is 0 Å². The van der Waals surface area contributed by atoms with Gasteiger partial charge in [-0.15, -0.1) is 0 Å². The molecule has 0 aromatic rings. The summed E-state index contributed by atoms with van der Waals surface area (Å²) in [5, 5.41) is 3.56. The number of carbonyl (C=O) groups is 1. The number of amides is 1. The van der Waals surface area contributed by atoms with E-state index in [4.69, 9.17) is 0 Å². The lowest BCUT2D eigenvalue weighted by atomic mass is 9.81. The number of nitrogens with one attached hydrogen (secondary N) is 1. The summed E-state index contributed by atoms with van der Waals surface area (Å²) < 4.78 is 0. The number of hydrogen-bond donors (Lipinski definition) is 1. The van der Waals surface area contributed by atoms with Crippen LogP contribution in [-0.4, -0.2) is 29.6 Å². The summed E-state index contributed by atoms with van der Waals surface area (Å²) in [7, 11) is 0. The normalized spacial score (nSPS) is 25.6. The fraction of sp³-hybridized carbons (Fsp3) is 0.941. The van der Waals surface area contributed by atoms with Crippen LogP contribution in [0.4, 0.5) is 0 Å². The van der Waals surface area contributed by atoms with Crippen LogP contribution in [-0.2, 0) is 4.79 Å². The third-order valence-electron chi connectivity index (χ3n) is 4.57. The third kappa shape index (κ3) is 4.47. The van der Waals surface area contributed by atoms with Gasteiger partial charge in [-0.2, -0.15) is 0 Å². The third-order valence-corrected chi connectivity index (χ3v) is 4.57. The molecule has 1 fully saturated rings. The molecule has 1 amide bonds. The molecule has 1 aliphatic rings. The maximum atomic E-state index is 12.7.